The van der Waals surface area contributed by atoms with Crippen LogP contribution in [0.5, 0.6) is 5.75 Å². The zero-order chi connectivity index (χ0) is 19.1. The van der Waals surface area contributed by atoms with Crippen molar-refractivity contribution >= 4 is 17.0 Å². The molecule has 1 N–H and O–H groups in total. The van der Waals surface area contributed by atoms with Gasteiger partial charge in [-0.2, -0.15) is 10.1 Å². The number of halogens is 1. The van der Waals surface area contributed by atoms with E-state index in [1.54, 1.807) is 28.8 Å². The van der Waals surface area contributed by atoms with Crippen LogP contribution in [-0.4, -0.2) is 33.9 Å². The first-order valence-corrected chi connectivity index (χ1v) is 8.23. The number of anilines is 1. The molecule has 1 aromatic carbocycles. The fraction of sp³-hybridized carbons (Fsp3) is 0.389. The molecule has 0 atom stereocenters. The maximum Gasteiger partial charge on any atom is 0.263 e. The van der Waals surface area contributed by atoms with E-state index in [1.165, 1.54) is 19.4 Å². The van der Waals surface area contributed by atoms with Gasteiger partial charge in [-0.1, -0.05) is 6.07 Å². The highest BCUT2D eigenvalue weighted by Gasteiger charge is 2.20. The maximum atomic E-state index is 13.9. The molecule has 0 aliphatic rings. The predicted molar refractivity (Wildman–Crippen MR) is 98.2 cm³/mol. The van der Waals surface area contributed by atoms with Gasteiger partial charge in [-0.15, -0.1) is 0 Å². The smallest absolute Gasteiger partial charge is 0.263 e. The van der Waals surface area contributed by atoms with E-state index < -0.39 is 5.82 Å². The number of aromatic amines is 1. The lowest BCUT2D eigenvalue weighted by Crippen LogP contribution is -2.26. The summed E-state index contributed by atoms with van der Waals surface area (Å²) in [6.45, 7) is 6.35. The summed E-state index contributed by atoms with van der Waals surface area (Å²) in [6.07, 6.45) is 1.52. The molecule has 0 radical (unpaired) electrons. The van der Waals surface area contributed by atoms with Gasteiger partial charge in [0.25, 0.3) is 5.56 Å². The van der Waals surface area contributed by atoms with Crippen LogP contribution in [0.4, 0.5) is 10.3 Å². The van der Waals surface area contributed by atoms with E-state index in [1.807, 2.05) is 20.8 Å². The van der Waals surface area contributed by atoms with Gasteiger partial charge in [0.15, 0.2) is 17.2 Å². The number of ether oxygens (including phenoxy) is 1. The Bertz CT molecular complexity index is 1000. The molecule has 7 nitrogen and oxygen atoms in total. The summed E-state index contributed by atoms with van der Waals surface area (Å²) in [5.74, 6) is 0.157. The standard InChI is InChI=1S/C18H22FN5O2/c1-18(2,3)24-15-12(9-20-24)16(25)22-17(21-15)23(4)10-11-6-7-14(26-5)13(19)8-11/h6-9H,10H2,1-5H3,(H,21,22,25). The number of benzene rings is 1. The molecule has 0 bridgehead atoms. The molecule has 0 fully saturated rings. The van der Waals surface area contributed by atoms with Crippen LogP contribution < -0.4 is 15.2 Å². The van der Waals surface area contributed by atoms with Gasteiger partial charge in [0, 0.05) is 13.6 Å². The third-order valence-corrected chi connectivity index (χ3v) is 4.06. The molecule has 8 heteroatoms. The van der Waals surface area contributed by atoms with E-state index in [-0.39, 0.29) is 16.8 Å². The minimum absolute atomic E-state index is 0.193. The van der Waals surface area contributed by atoms with E-state index in [4.69, 9.17) is 4.74 Å². The number of rotatable bonds is 4. The molecule has 0 saturated carbocycles. The number of H-pyrrole nitrogens is 1. The number of hydrogen-bond donors (Lipinski definition) is 1. The Kier molecular flexibility index (Phi) is 4.43. The fourth-order valence-corrected chi connectivity index (χ4v) is 2.74. The molecule has 0 aliphatic heterocycles. The van der Waals surface area contributed by atoms with Crippen molar-refractivity contribution in [2.45, 2.75) is 32.9 Å². The van der Waals surface area contributed by atoms with E-state index in [9.17, 15) is 9.18 Å². The van der Waals surface area contributed by atoms with Crippen molar-refractivity contribution in [2.24, 2.45) is 0 Å². The maximum absolute atomic E-state index is 13.9. The minimum atomic E-state index is -0.430. The highest BCUT2D eigenvalue weighted by Crippen LogP contribution is 2.21. The van der Waals surface area contributed by atoms with Crippen molar-refractivity contribution < 1.29 is 9.13 Å². The third-order valence-electron chi connectivity index (χ3n) is 4.06. The second-order valence-corrected chi connectivity index (χ2v) is 7.18. The Balaban J connectivity index is 1.97. The van der Waals surface area contributed by atoms with Crippen LogP contribution in [0.1, 0.15) is 26.3 Å². The fourth-order valence-electron chi connectivity index (χ4n) is 2.74. The molecule has 0 amide bonds. The normalized spacial score (nSPS) is 11.8. The molecule has 138 valence electrons. The number of methoxy groups -OCH3 is 1. The van der Waals surface area contributed by atoms with Crippen molar-refractivity contribution in [3.63, 3.8) is 0 Å². The second kappa shape index (κ2) is 6.44. The summed E-state index contributed by atoms with van der Waals surface area (Å²) in [7, 11) is 3.20. The molecule has 26 heavy (non-hydrogen) atoms. The zero-order valence-corrected chi connectivity index (χ0v) is 15.5. The molecular weight excluding hydrogens is 337 g/mol. The number of nitrogens with one attached hydrogen (secondary N) is 1. The van der Waals surface area contributed by atoms with Gasteiger partial charge in [-0.3, -0.25) is 9.78 Å². The van der Waals surface area contributed by atoms with Gasteiger partial charge in [0.05, 0.1) is 18.8 Å². The van der Waals surface area contributed by atoms with Crippen molar-refractivity contribution in [1.82, 2.24) is 19.7 Å². The molecule has 2 heterocycles. The minimum Gasteiger partial charge on any atom is -0.494 e. The lowest BCUT2D eigenvalue weighted by molar-refractivity contribution is 0.366. The second-order valence-electron chi connectivity index (χ2n) is 7.18. The van der Waals surface area contributed by atoms with Crippen LogP contribution in [0.25, 0.3) is 11.0 Å². The monoisotopic (exact) mass is 359 g/mol. The van der Waals surface area contributed by atoms with E-state index in [2.05, 4.69) is 15.1 Å². The molecular formula is C18H22FN5O2. The molecule has 0 spiro atoms. The largest absolute Gasteiger partial charge is 0.494 e. The van der Waals surface area contributed by atoms with Crippen LogP contribution >= 0.6 is 0 Å². The summed E-state index contributed by atoms with van der Waals surface area (Å²) < 4.78 is 20.5. The Morgan fingerprint density at radius 3 is 2.69 bits per heavy atom. The van der Waals surface area contributed by atoms with Crippen molar-refractivity contribution in [1.29, 1.82) is 0 Å². The first-order chi connectivity index (χ1) is 12.2. The van der Waals surface area contributed by atoms with Gasteiger partial charge in [0.1, 0.15) is 5.39 Å². The Hall–Kier alpha value is -2.90. The molecule has 3 rings (SSSR count). The number of fused-ring (bicyclic) bond motifs is 1. The van der Waals surface area contributed by atoms with Crippen LogP contribution in [-0.2, 0) is 12.1 Å². The average molecular weight is 359 g/mol. The van der Waals surface area contributed by atoms with Crippen LogP contribution in [0.2, 0.25) is 0 Å². The number of hydrogen-bond acceptors (Lipinski definition) is 5. The Morgan fingerprint density at radius 2 is 2.08 bits per heavy atom. The van der Waals surface area contributed by atoms with Crippen molar-refractivity contribution in [2.75, 3.05) is 19.1 Å². The molecule has 0 unspecified atom stereocenters. The number of aromatic nitrogens is 4. The first-order valence-electron chi connectivity index (χ1n) is 8.23. The molecule has 3 aromatic rings. The highest BCUT2D eigenvalue weighted by molar-refractivity contribution is 5.74. The van der Waals surface area contributed by atoms with Gasteiger partial charge < -0.3 is 9.64 Å². The molecule has 2 aromatic heterocycles. The Morgan fingerprint density at radius 1 is 1.35 bits per heavy atom. The quantitative estimate of drug-likeness (QED) is 0.775. The summed E-state index contributed by atoms with van der Waals surface area (Å²) in [5, 5.41) is 4.73. The van der Waals surface area contributed by atoms with Crippen LogP contribution in [0, 0.1) is 5.82 Å². The van der Waals surface area contributed by atoms with Gasteiger partial charge in [-0.25, -0.2) is 9.07 Å². The first kappa shape index (κ1) is 17.9. The summed E-state index contributed by atoms with van der Waals surface area (Å²) >= 11 is 0. The van der Waals surface area contributed by atoms with E-state index >= 15 is 0 Å². The number of nitrogens with zero attached hydrogens (tertiary/aromatic N) is 4. The molecule has 0 aliphatic carbocycles. The highest BCUT2D eigenvalue weighted by atomic mass is 19.1. The van der Waals surface area contributed by atoms with Gasteiger partial charge >= 0.3 is 0 Å². The lowest BCUT2D eigenvalue weighted by Gasteiger charge is -2.21. The van der Waals surface area contributed by atoms with Crippen LogP contribution in [0.3, 0.4) is 0 Å². The Labute approximate surface area is 150 Å². The van der Waals surface area contributed by atoms with Crippen molar-refractivity contribution in [3.8, 4) is 5.75 Å². The zero-order valence-electron chi connectivity index (χ0n) is 15.5. The van der Waals surface area contributed by atoms with Gasteiger partial charge in [0.2, 0.25) is 5.95 Å². The average Bonchev–Trinajstić information content (AvgIpc) is 2.99. The van der Waals surface area contributed by atoms with E-state index in [0.717, 1.165) is 5.56 Å². The summed E-state index contributed by atoms with van der Waals surface area (Å²) in [6, 6.07) is 4.76. The lowest BCUT2D eigenvalue weighted by atomic mass is 10.1. The third kappa shape index (κ3) is 3.26. The predicted octanol–water partition coefficient (Wildman–Crippen LogP) is 2.66. The topological polar surface area (TPSA) is 76.0 Å². The summed E-state index contributed by atoms with van der Waals surface area (Å²) in [4.78, 5) is 21.5. The van der Waals surface area contributed by atoms with Crippen molar-refractivity contribution in [3.05, 3.63) is 46.1 Å². The van der Waals surface area contributed by atoms with Crippen LogP contribution in [0.15, 0.2) is 29.2 Å². The SMILES string of the molecule is COc1ccc(CN(C)c2nc3c(cnn3C(C)(C)C)c(=O)[nH]2)cc1F. The van der Waals surface area contributed by atoms with E-state index in [0.29, 0.717) is 23.5 Å². The summed E-state index contributed by atoms with van der Waals surface area (Å²) in [5.41, 5.74) is 0.687. The molecule has 0 saturated heterocycles. The van der Waals surface area contributed by atoms with Gasteiger partial charge in [-0.05, 0) is 38.5 Å².